The first-order chi connectivity index (χ1) is 12.7. The number of thiophene rings is 1. The molecule has 0 atom stereocenters. The number of rotatable bonds is 4. The van der Waals surface area contributed by atoms with Crippen LogP contribution >= 0.6 is 22.9 Å². The Morgan fingerprint density at radius 2 is 1.81 bits per heavy atom. The van der Waals surface area contributed by atoms with E-state index in [9.17, 15) is 0 Å². The van der Waals surface area contributed by atoms with Gasteiger partial charge in [0.05, 0.1) is 5.39 Å². The van der Waals surface area contributed by atoms with Gasteiger partial charge in [0.25, 0.3) is 0 Å². The summed E-state index contributed by atoms with van der Waals surface area (Å²) in [7, 11) is 0. The third-order valence-electron chi connectivity index (χ3n) is 4.45. The lowest BCUT2D eigenvalue weighted by Gasteiger charge is -2.12. The molecule has 0 fully saturated rings. The van der Waals surface area contributed by atoms with Gasteiger partial charge < -0.3 is 5.32 Å². The fraction of sp³-hybridized carbons (Fsp3) is 0.143. The van der Waals surface area contributed by atoms with E-state index in [2.05, 4.69) is 47.3 Å². The number of benzene rings is 2. The maximum absolute atomic E-state index is 6.07. The highest BCUT2D eigenvalue weighted by molar-refractivity contribution is 7.19. The molecule has 4 aromatic rings. The summed E-state index contributed by atoms with van der Waals surface area (Å²) in [6, 6.07) is 16.3. The summed E-state index contributed by atoms with van der Waals surface area (Å²) in [6.07, 6.45) is 2.59. The Labute approximate surface area is 161 Å². The molecule has 2 aromatic carbocycles. The maximum Gasteiger partial charge on any atom is 0.143 e. The normalized spacial score (nSPS) is 11.0. The van der Waals surface area contributed by atoms with Gasteiger partial charge in [-0.3, -0.25) is 0 Å². The fourth-order valence-corrected chi connectivity index (χ4v) is 4.32. The second kappa shape index (κ2) is 7.06. The molecule has 3 nitrogen and oxygen atoms in total. The molecule has 0 spiro atoms. The SMILES string of the molecule is CCc1ccccc1Nc1ncnc2sc(C)c(-c3ccc(Cl)cc3)c12. The molecule has 26 heavy (non-hydrogen) atoms. The first-order valence-corrected chi connectivity index (χ1v) is 9.71. The zero-order valence-corrected chi connectivity index (χ0v) is 16.2. The van der Waals surface area contributed by atoms with E-state index in [1.807, 2.05) is 30.3 Å². The Balaban J connectivity index is 1.89. The van der Waals surface area contributed by atoms with Crippen LogP contribution in [0.1, 0.15) is 17.4 Å². The van der Waals surface area contributed by atoms with Gasteiger partial charge in [-0.05, 0) is 42.7 Å². The predicted molar refractivity (Wildman–Crippen MR) is 112 cm³/mol. The lowest BCUT2D eigenvalue weighted by Crippen LogP contribution is -1.98. The molecule has 0 aliphatic heterocycles. The topological polar surface area (TPSA) is 37.8 Å². The average Bonchev–Trinajstić information content (AvgIpc) is 3.00. The molecule has 0 unspecified atom stereocenters. The Kier molecular flexibility index (Phi) is 4.62. The molecule has 0 amide bonds. The van der Waals surface area contributed by atoms with Gasteiger partial charge in [-0.25, -0.2) is 9.97 Å². The monoisotopic (exact) mass is 379 g/mol. The zero-order valence-electron chi connectivity index (χ0n) is 14.6. The van der Waals surface area contributed by atoms with Crippen LogP contribution in [0.25, 0.3) is 21.3 Å². The van der Waals surface area contributed by atoms with Crippen molar-refractivity contribution >= 4 is 44.7 Å². The number of halogens is 1. The minimum Gasteiger partial charge on any atom is -0.339 e. The molecule has 2 aromatic heterocycles. The van der Waals surface area contributed by atoms with E-state index in [4.69, 9.17) is 11.6 Å². The van der Waals surface area contributed by atoms with E-state index in [0.717, 1.165) is 38.7 Å². The number of aromatic nitrogens is 2. The number of nitrogens with zero attached hydrogens (tertiary/aromatic N) is 2. The van der Waals surface area contributed by atoms with Crippen LogP contribution in [0.5, 0.6) is 0 Å². The van der Waals surface area contributed by atoms with Crippen LogP contribution < -0.4 is 5.32 Å². The fourth-order valence-electron chi connectivity index (χ4n) is 3.18. The Hall–Kier alpha value is -2.43. The summed E-state index contributed by atoms with van der Waals surface area (Å²) in [5.41, 5.74) is 4.64. The number of hydrogen-bond donors (Lipinski definition) is 1. The predicted octanol–water partition coefficient (Wildman–Crippen LogP) is 6.63. The first-order valence-electron chi connectivity index (χ1n) is 8.52. The second-order valence-electron chi connectivity index (χ2n) is 6.08. The van der Waals surface area contributed by atoms with Gasteiger partial charge in [-0.2, -0.15) is 0 Å². The van der Waals surface area contributed by atoms with Gasteiger partial charge in [-0.1, -0.05) is 48.9 Å². The molecule has 0 saturated heterocycles. The van der Waals surface area contributed by atoms with Crippen LogP contribution in [0.2, 0.25) is 5.02 Å². The van der Waals surface area contributed by atoms with Gasteiger partial charge in [0.2, 0.25) is 0 Å². The van der Waals surface area contributed by atoms with Crippen LogP contribution in [0.3, 0.4) is 0 Å². The van der Waals surface area contributed by atoms with Crippen LogP contribution in [0.15, 0.2) is 54.9 Å². The van der Waals surface area contributed by atoms with Crippen molar-refractivity contribution in [3.05, 3.63) is 70.3 Å². The number of anilines is 2. The van der Waals surface area contributed by atoms with Crippen LogP contribution in [0.4, 0.5) is 11.5 Å². The molecule has 2 heterocycles. The molecule has 0 aliphatic carbocycles. The van der Waals surface area contributed by atoms with Crippen LogP contribution in [-0.2, 0) is 6.42 Å². The molecular weight excluding hydrogens is 362 g/mol. The molecule has 5 heteroatoms. The molecule has 0 radical (unpaired) electrons. The quantitative estimate of drug-likeness (QED) is 0.432. The summed E-state index contributed by atoms with van der Waals surface area (Å²) in [6.45, 7) is 4.28. The van der Waals surface area contributed by atoms with Crippen molar-refractivity contribution in [1.29, 1.82) is 0 Å². The largest absolute Gasteiger partial charge is 0.339 e. The molecular formula is C21H18ClN3S. The average molecular weight is 380 g/mol. The molecule has 1 N–H and O–H groups in total. The Morgan fingerprint density at radius 1 is 1.04 bits per heavy atom. The van der Waals surface area contributed by atoms with Gasteiger partial charge >= 0.3 is 0 Å². The van der Waals surface area contributed by atoms with Crippen molar-refractivity contribution in [3.63, 3.8) is 0 Å². The van der Waals surface area contributed by atoms with Gasteiger partial charge in [0, 0.05) is 21.2 Å². The molecule has 0 bridgehead atoms. The van der Waals surface area contributed by atoms with E-state index in [0.29, 0.717) is 0 Å². The minimum absolute atomic E-state index is 0.734. The van der Waals surface area contributed by atoms with Crippen molar-refractivity contribution in [2.24, 2.45) is 0 Å². The van der Waals surface area contributed by atoms with E-state index < -0.39 is 0 Å². The molecule has 0 saturated carbocycles. The Morgan fingerprint density at radius 3 is 2.58 bits per heavy atom. The summed E-state index contributed by atoms with van der Waals surface area (Å²) in [5, 5.41) is 5.32. The lowest BCUT2D eigenvalue weighted by atomic mass is 10.0. The lowest BCUT2D eigenvalue weighted by molar-refractivity contribution is 1.14. The van der Waals surface area contributed by atoms with Crippen LogP contribution in [0, 0.1) is 6.92 Å². The van der Waals surface area contributed by atoms with Crippen molar-refractivity contribution < 1.29 is 0 Å². The van der Waals surface area contributed by atoms with Crippen molar-refractivity contribution in [1.82, 2.24) is 9.97 Å². The van der Waals surface area contributed by atoms with Crippen molar-refractivity contribution in [2.45, 2.75) is 20.3 Å². The number of para-hydroxylation sites is 1. The smallest absolute Gasteiger partial charge is 0.143 e. The highest BCUT2D eigenvalue weighted by Gasteiger charge is 2.17. The van der Waals surface area contributed by atoms with Gasteiger partial charge in [0.15, 0.2) is 0 Å². The van der Waals surface area contributed by atoms with Crippen molar-refractivity contribution in [3.8, 4) is 11.1 Å². The van der Waals surface area contributed by atoms with E-state index in [1.54, 1.807) is 17.7 Å². The standard InChI is InChI=1S/C21H18ClN3S/c1-3-14-6-4-5-7-17(14)25-20-19-18(15-8-10-16(22)11-9-15)13(2)26-21(19)24-12-23-20/h4-12H,3H2,1-2H3,(H,23,24,25). The van der Waals surface area contributed by atoms with Crippen LogP contribution in [-0.4, -0.2) is 9.97 Å². The molecule has 130 valence electrons. The van der Waals surface area contributed by atoms with Gasteiger partial charge in [-0.15, -0.1) is 11.3 Å². The summed E-state index contributed by atoms with van der Waals surface area (Å²) < 4.78 is 0. The van der Waals surface area contributed by atoms with E-state index in [1.165, 1.54) is 16.0 Å². The third kappa shape index (κ3) is 3.06. The maximum atomic E-state index is 6.07. The number of fused-ring (bicyclic) bond motifs is 1. The van der Waals surface area contributed by atoms with Crippen molar-refractivity contribution in [2.75, 3.05) is 5.32 Å². The number of nitrogens with one attached hydrogen (secondary N) is 1. The Bertz CT molecular complexity index is 1070. The molecule has 0 aliphatic rings. The summed E-state index contributed by atoms with van der Waals surface area (Å²) >= 11 is 7.76. The highest BCUT2D eigenvalue weighted by Crippen LogP contribution is 2.41. The first kappa shape index (κ1) is 17.0. The minimum atomic E-state index is 0.734. The second-order valence-corrected chi connectivity index (χ2v) is 7.72. The zero-order chi connectivity index (χ0) is 18.1. The number of aryl methyl sites for hydroxylation is 2. The molecule has 4 rings (SSSR count). The highest BCUT2D eigenvalue weighted by atomic mass is 35.5. The summed E-state index contributed by atoms with van der Waals surface area (Å²) in [5.74, 6) is 0.838. The number of hydrogen-bond acceptors (Lipinski definition) is 4. The van der Waals surface area contributed by atoms with E-state index in [-0.39, 0.29) is 0 Å². The third-order valence-corrected chi connectivity index (χ3v) is 5.71. The summed E-state index contributed by atoms with van der Waals surface area (Å²) in [4.78, 5) is 11.2. The van der Waals surface area contributed by atoms with Gasteiger partial charge in [0.1, 0.15) is 17.0 Å². The van der Waals surface area contributed by atoms with E-state index >= 15 is 0 Å².